The van der Waals surface area contributed by atoms with E-state index < -0.39 is 0 Å². The summed E-state index contributed by atoms with van der Waals surface area (Å²) in [6.07, 6.45) is 1.44. The molecule has 5 nitrogen and oxygen atoms in total. The average molecular weight is 290 g/mol. The number of hydrogen-bond donors (Lipinski definition) is 1. The van der Waals surface area contributed by atoms with Gasteiger partial charge in [-0.05, 0) is 42.5 Å². The quantitative estimate of drug-likeness (QED) is 0.829. The summed E-state index contributed by atoms with van der Waals surface area (Å²) in [5, 5.41) is 2.75. The van der Waals surface area contributed by atoms with Gasteiger partial charge in [0.25, 0.3) is 0 Å². The van der Waals surface area contributed by atoms with E-state index in [0.29, 0.717) is 0 Å². The maximum Gasteiger partial charge on any atom is 0.250 e. The van der Waals surface area contributed by atoms with Crippen molar-refractivity contribution in [3.05, 3.63) is 24.3 Å². The molecule has 114 valence electrons. The van der Waals surface area contributed by atoms with Gasteiger partial charge in [-0.3, -0.25) is 9.69 Å². The molecule has 0 aromatic heterocycles. The molecule has 1 saturated carbocycles. The number of carbonyl (C=O) groups excluding carboxylic acids is 1. The van der Waals surface area contributed by atoms with Crippen LogP contribution in [0.5, 0.6) is 5.75 Å². The maximum absolute atomic E-state index is 11.4. The minimum Gasteiger partial charge on any atom is -0.492 e. The number of likely N-dealkylation sites (tertiary alicyclic amines) is 1. The Balaban J connectivity index is 1.38. The van der Waals surface area contributed by atoms with E-state index >= 15 is 0 Å². The standard InChI is InChI=1S/C16H22N2O3/c1-20-11-16(19)17-14-2-4-15(5-3-14)21-7-6-18-9-12-8-13(12)10-18/h2-5,12-13H,6-11H2,1H3,(H,17,19). The lowest BCUT2D eigenvalue weighted by molar-refractivity contribution is -0.119. The highest BCUT2D eigenvalue weighted by Crippen LogP contribution is 2.44. The highest BCUT2D eigenvalue weighted by Gasteiger charge is 2.44. The zero-order chi connectivity index (χ0) is 14.7. The molecule has 1 amide bonds. The Labute approximate surface area is 125 Å². The first-order chi connectivity index (χ1) is 10.2. The van der Waals surface area contributed by atoms with Crippen molar-refractivity contribution >= 4 is 11.6 Å². The molecule has 1 aliphatic heterocycles. The monoisotopic (exact) mass is 290 g/mol. The summed E-state index contributed by atoms with van der Waals surface area (Å²) in [4.78, 5) is 13.9. The SMILES string of the molecule is COCC(=O)Nc1ccc(OCCN2CC3CC3C2)cc1. The number of ether oxygens (including phenoxy) is 2. The Bertz CT molecular complexity index is 479. The second-order valence-electron chi connectivity index (χ2n) is 5.87. The van der Waals surface area contributed by atoms with Crippen LogP contribution < -0.4 is 10.1 Å². The molecule has 1 aromatic carbocycles. The number of nitrogens with zero attached hydrogens (tertiary/aromatic N) is 1. The van der Waals surface area contributed by atoms with E-state index in [0.717, 1.165) is 36.4 Å². The molecule has 1 aliphatic carbocycles. The van der Waals surface area contributed by atoms with E-state index in [1.807, 2.05) is 24.3 Å². The van der Waals surface area contributed by atoms with Crippen molar-refractivity contribution in [3.63, 3.8) is 0 Å². The van der Waals surface area contributed by atoms with Crippen molar-refractivity contribution in [2.75, 3.05) is 45.3 Å². The van der Waals surface area contributed by atoms with Gasteiger partial charge >= 0.3 is 0 Å². The van der Waals surface area contributed by atoms with E-state index in [4.69, 9.17) is 9.47 Å². The second-order valence-corrected chi connectivity index (χ2v) is 5.87. The van der Waals surface area contributed by atoms with Crippen molar-refractivity contribution in [3.8, 4) is 5.75 Å². The molecular weight excluding hydrogens is 268 g/mol. The number of fused-ring (bicyclic) bond motifs is 1. The highest BCUT2D eigenvalue weighted by atomic mass is 16.5. The summed E-state index contributed by atoms with van der Waals surface area (Å²) in [7, 11) is 1.50. The van der Waals surface area contributed by atoms with Gasteiger partial charge in [0.2, 0.25) is 5.91 Å². The fourth-order valence-corrected chi connectivity index (χ4v) is 2.93. The zero-order valence-electron chi connectivity index (χ0n) is 12.4. The highest BCUT2D eigenvalue weighted by molar-refractivity contribution is 5.91. The molecule has 1 saturated heterocycles. The molecule has 2 fully saturated rings. The lowest BCUT2D eigenvalue weighted by Crippen LogP contribution is -2.27. The van der Waals surface area contributed by atoms with Crippen molar-refractivity contribution in [1.82, 2.24) is 4.90 Å². The number of anilines is 1. The van der Waals surface area contributed by atoms with Crippen LogP contribution in [-0.4, -0.2) is 50.8 Å². The lowest BCUT2D eigenvalue weighted by atomic mass is 10.3. The second kappa shape index (κ2) is 6.45. The predicted molar refractivity (Wildman–Crippen MR) is 80.5 cm³/mol. The third kappa shape index (κ3) is 3.95. The van der Waals surface area contributed by atoms with Crippen LogP contribution >= 0.6 is 0 Å². The zero-order valence-corrected chi connectivity index (χ0v) is 12.4. The van der Waals surface area contributed by atoms with Crippen molar-refractivity contribution < 1.29 is 14.3 Å². The molecule has 2 unspecified atom stereocenters. The molecule has 0 radical (unpaired) electrons. The molecule has 0 spiro atoms. The molecule has 21 heavy (non-hydrogen) atoms. The van der Waals surface area contributed by atoms with Gasteiger partial charge in [0.05, 0.1) is 0 Å². The van der Waals surface area contributed by atoms with Crippen LogP contribution in [0.4, 0.5) is 5.69 Å². The van der Waals surface area contributed by atoms with Gasteiger partial charge in [-0.15, -0.1) is 0 Å². The topological polar surface area (TPSA) is 50.8 Å². The lowest BCUT2D eigenvalue weighted by Gasteiger charge is -2.17. The fourth-order valence-electron chi connectivity index (χ4n) is 2.93. The minimum atomic E-state index is -0.154. The molecule has 1 heterocycles. The summed E-state index contributed by atoms with van der Waals surface area (Å²) in [6.45, 7) is 4.28. The molecule has 5 heteroatoms. The molecule has 3 rings (SSSR count). The van der Waals surface area contributed by atoms with Crippen LogP contribution in [0.3, 0.4) is 0 Å². The minimum absolute atomic E-state index is 0.0655. The first-order valence-corrected chi connectivity index (χ1v) is 7.48. The number of nitrogens with one attached hydrogen (secondary N) is 1. The number of benzene rings is 1. The predicted octanol–water partition coefficient (Wildman–Crippen LogP) is 1.60. The first-order valence-electron chi connectivity index (χ1n) is 7.48. The Kier molecular flexibility index (Phi) is 4.41. The summed E-state index contributed by atoms with van der Waals surface area (Å²) >= 11 is 0. The third-order valence-corrected chi connectivity index (χ3v) is 4.14. The van der Waals surface area contributed by atoms with Crippen LogP contribution in [-0.2, 0) is 9.53 Å². The van der Waals surface area contributed by atoms with Crippen LogP contribution in [0.2, 0.25) is 0 Å². The number of carbonyl (C=O) groups is 1. The Morgan fingerprint density at radius 1 is 1.29 bits per heavy atom. The van der Waals surface area contributed by atoms with Gasteiger partial charge in [0.15, 0.2) is 0 Å². The van der Waals surface area contributed by atoms with Crippen LogP contribution in [0.1, 0.15) is 6.42 Å². The van der Waals surface area contributed by atoms with Crippen LogP contribution in [0, 0.1) is 11.8 Å². The number of amides is 1. The van der Waals surface area contributed by atoms with Gasteiger partial charge in [-0.1, -0.05) is 0 Å². The fraction of sp³-hybridized carbons (Fsp3) is 0.562. The maximum atomic E-state index is 11.4. The smallest absolute Gasteiger partial charge is 0.250 e. The van der Waals surface area contributed by atoms with E-state index in [9.17, 15) is 4.79 Å². The third-order valence-electron chi connectivity index (χ3n) is 4.14. The van der Waals surface area contributed by atoms with E-state index in [-0.39, 0.29) is 12.5 Å². The molecule has 2 aliphatic rings. The van der Waals surface area contributed by atoms with Gasteiger partial charge < -0.3 is 14.8 Å². The summed E-state index contributed by atoms with van der Waals surface area (Å²) in [5.74, 6) is 2.63. The number of methoxy groups -OCH3 is 1. The summed E-state index contributed by atoms with van der Waals surface area (Å²) in [5.41, 5.74) is 0.754. The van der Waals surface area contributed by atoms with Crippen molar-refractivity contribution in [2.45, 2.75) is 6.42 Å². The summed E-state index contributed by atoms with van der Waals surface area (Å²) < 4.78 is 10.5. The molecular formula is C16H22N2O3. The molecule has 0 bridgehead atoms. The Morgan fingerprint density at radius 2 is 2.00 bits per heavy atom. The average Bonchev–Trinajstić information content (AvgIpc) is 3.08. The van der Waals surface area contributed by atoms with E-state index in [1.54, 1.807) is 0 Å². The van der Waals surface area contributed by atoms with E-state index in [2.05, 4.69) is 10.2 Å². The number of rotatable bonds is 7. The summed E-state index contributed by atoms with van der Waals surface area (Å²) in [6, 6.07) is 7.44. The largest absolute Gasteiger partial charge is 0.492 e. The van der Waals surface area contributed by atoms with Crippen LogP contribution in [0.25, 0.3) is 0 Å². The normalized spacial score (nSPS) is 23.7. The van der Waals surface area contributed by atoms with E-state index in [1.165, 1.54) is 26.6 Å². The van der Waals surface area contributed by atoms with Gasteiger partial charge in [0.1, 0.15) is 19.0 Å². The van der Waals surface area contributed by atoms with Crippen molar-refractivity contribution in [2.24, 2.45) is 11.8 Å². The van der Waals surface area contributed by atoms with Gasteiger partial charge in [-0.2, -0.15) is 0 Å². The number of hydrogen-bond acceptors (Lipinski definition) is 4. The Morgan fingerprint density at radius 3 is 2.67 bits per heavy atom. The van der Waals surface area contributed by atoms with Crippen molar-refractivity contribution in [1.29, 1.82) is 0 Å². The van der Waals surface area contributed by atoms with Crippen LogP contribution in [0.15, 0.2) is 24.3 Å². The van der Waals surface area contributed by atoms with Gasteiger partial charge in [0, 0.05) is 32.4 Å². The number of piperidine rings is 1. The van der Waals surface area contributed by atoms with Gasteiger partial charge in [-0.25, -0.2) is 0 Å². The molecule has 1 aromatic rings. The Hall–Kier alpha value is -1.59. The first kappa shape index (κ1) is 14.4. The molecule has 2 atom stereocenters. The molecule has 1 N–H and O–H groups in total.